The van der Waals surface area contributed by atoms with Crippen molar-refractivity contribution in [2.24, 2.45) is 0 Å². The first-order valence-electron chi connectivity index (χ1n) is 20.1. The smallest absolute Gasteiger partial charge is 0.387 e. The van der Waals surface area contributed by atoms with Crippen molar-refractivity contribution in [2.75, 3.05) is 40.9 Å². The Balaban J connectivity index is 4.50. The quantitative estimate of drug-likeness (QED) is 0.0260. The number of likely N-dealkylation sites (N-methyl/N-ethyl adjacent to an activating group) is 1. The minimum Gasteiger partial charge on any atom is -0.387 e. The molecule has 0 aliphatic heterocycles. The molecule has 0 saturated carbocycles. The number of carbonyl (C=O) groups excluding carboxylic acids is 1. The summed E-state index contributed by atoms with van der Waals surface area (Å²) in [5.74, 6) is -0.178. The maximum absolute atomic E-state index is 12.8. The highest BCUT2D eigenvalue weighted by molar-refractivity contribution is 7.47. The number of rotatable bonds is 36. The second-order valence-electron chi connectivity index (χ2n) is 15.0. The van der Waals surface area contributed by atoms with Crippen LogP contribution in [0.1, 0.15) is 181 Å². The fourth-order valence-electron chi connectivity index (χ4n) is 5.75. The van der Waals surface area contributed by atoms with E-state index in [1.54, 1.807) is 6.08 Å². The van der Waals surface area contributed by atoms with Gasteiger partial charge in [-0.3, -0.25) is 13.8 Å². The zero-order valence-corrected chi connectivity index (χ0v) is 33.1. The van der Waals surface area contributed by atoms with Gasteiger partial charge in [0.2, 0.25) is 5.91 Å². The largest absolute Gasteiger partial charge is 0.472 e. The molecule has 0 aliphatic carbocycles. The molecular weight excluding hydrogens is 623 g/mol. The molecular formula is C39H80N2O6P+. The van der Waals surface area contributed by atoms with Gasteiger partial charge in [-0.05, 0) is 19.3 Å². The zero-order valence-electron chi connectivity index (χ0n) is 32.2. The predicted molar refractivity (Wildman–Crippen MR) is 203 cm³/mol. The van der Waals surface area contributed by atoms with Crippen LogP contribution in [0, 0.1) is 0 Å². The van der Waals surface area contributed by atoms with E-state index in [4.69, 9.17) is 9.05 Å². The fraction of sp³-hybridized carbons (Fsp3) is 0.923. The fourth-order valence-corrected chi connectivity index (χ4v) is 6.48. The third-order valence-corrected chi connectivity index (χ3v) is 9.99. The number of unbranched alkanes of at least 4 members (excludes halogenated alkanes) is 23. The molecule has 48 heavy (non-hydrogen) atoms. The van der Waals surface area contributed by atoms with Gasteiger partial charge in [-0.15, -0.1) is 0 Å². The van der Waals surface area contributed by atoms with Crippen molar-refractivity contribution < 1.29 is 32.9 Å². The van der Waals surface area contributed by atoms with E-state index in [0.717, 1.165) is 38.5 Å². The zero-order chi connectivity index (χ0) is 35.8. The van der Waals surface area contributed by atoms with E-state index in [0.29, 0.717) is 17.4 Å². The van der Waals surface area contributed by atoms with E-state index >= 15 is 0 Å². The highest BCUT2D eigenvalue weighted by Gasteiger charge is 2.27. The summed E-state index contributed by atoms with van der Waals surface area (Å²) in [4.78, 5) is 23.0. The Morgan fingerprint density at radius 1 is 0.688 bits per heavy atom. The number of phosphoric acid groups is 1. The van der Waals surface area contributed by atoms with Crippen molar-refractivity contribution in [3.8, 4) is 0 Å². The molecule has 0 radical (unpaired) electrons. The molecule has 3 N–H and O–H groups in total. The lowest BCUT2D eigenvalue weighted by atomic mass is 10.0. The number of aliphatic hydroxyl groups excluding tert-OH is 1. The minimum absolute atomic E-state index is 0.0643. The molecule has 0 saturated heterocycles. The number of phosphoric ester groups is 1. The number of allylic oxidation sites excluding steroid dienone is 1. The van der Waals surface area contributed by atoms with E-state index < -0.39 is 20.0 Å². The Labute approximate surface area is 297 Å². The number of carbonyl (C=O) groups is 1. The lowest BCUT2D eigenvalue weighted by Gasteiger charge is -2.25. The average Bonchev–Trinajstić information content (AvgIpc) is 3.02. The highest BCUT2D eigenvalue weighted by Crippen LogP contribution is 2.43. The molecule has 9 heteroatoms. The standard InChI is InChI=1S/C39H79N2O6P/c1-6-8-10-12-14-16-18-20-22-24-26-28-30-32-38(42)37(36-47-48(44,45)46-35-34-41(3,4)5)40-39(43)33-31-29-27-25-23-21-19-17-15-13-11-9-7-2/h30,32,37-38,42H,6-29,31,33-36H2,1-5H3,(H-,40,43,44,45)/p+1/b32-30+/t37-,38+/m0/s1. The van der Waals surface area contributed by atoms with Gasteiger partial charge in [0.15, 0.2) is 0 Å². The van der Waals surface area contributed by atoms with Gasteiger partial charge in [-0.1, -0.05) is 167 Å². The summed E-state index contributed by atoms with van der Waals surface area (Å²) < 4.78 is 23.5. The van der Waals surface area contributed by atoms with Gasteiger partial charge in [0.05, 0.1) is 39.9 Å². The molecule has 3 atom stereocenters. The second-order valence-corrected chi connectivity index (χ2v) is 16.5. The summed E-state index contributed by atoms with van der Waals surface area (Å²) in [6.07, 6.45) is 34.1. The van der Waals surface area contributed by atoms with Crippen molar-refractivity contribution in [3.63, 3.8) is 0 Å². The minimum atomic E-state index is -4.32. The Hall–Kier alpha value is -0.760. The number of quaternary nitrogens is 1. The lowest BCUT2D eigenvalue weighted by molar-refractivity contribution is -0.870. The number of nitrogens with one attached hydrogen (secondary N) is 1. The SMILES string of the molecule is CCCCCCCCCCCCC/C=C/[C@@H](O)[C@H](COP(=O)(O)OCC[N+](C)(C)C)NC(=O)CCCCCCCCCCCCCCC. The van der Waals surface area contributed by atoms with Crippen LogP contribution in [-0.2, 0) is 18.4 Å². The molecule has 0 aromatic carbocycles. The number of amides is 1. The molecule has 0 fully saturated rings. The van der Waals surface area contributed by atoms with Crippen LogP contribution < -0.4 is 5.32 Å². The number of nitrogens with zero attached hydrogens (tertiary/aromatic N) is 1. The first-order chi connectivity index (χ1) is 23.0. The highest BCUT2D eigenvalue weighted by atomic mass is 31.2. The van der Waals surface area contributed by atoms with Crippen molar-refractivity contribution in [1.29, 1.82) is 0 Å². The molecule has 286 valence electrons. The molecule has 0 heterocycles. The van der Waals surface area contributed by atoms with E-state index in [9.17, 15) is 19.4 Å². The van der Waals surface area contributed by atoms with Gasteiger partial charge >= 0.3 is 7.82 Å². The normalized spacial score (nSPS) is 14.7. The second kappa shape index (κ2) is 32.2. The van der Waals surface area contributed by atoms with Crippen LogP contribution in [0.4, 0.5) is 0 Å². The summed E-state index contributed by atoms with van der Waals surface area (Å²) in [6, 6.07) is -0.837. The summed E-state index contributed by atoms with van der Waals surface area (Å²) in [7, 11) is 1.58. The van der Waals surface area contributed by atoms with Crippen LogP contribution in [0.2, 0.25) is 0 Å². The van der Waals surface area contributed by atoms with Crippen LogP contribution in [0.25, 0.3) is 0 Å². The van der Waals surface area contributed by atoms with Gasteiger partial charge in [-0.2, -0.15) is 0 Å². The van der Waals surface area contributed by atoms with Crippen LogP contribution in [0.3, 0.4) is 0 Å². The molecule has 0 rings (SSSR count). The molecule has 0 aromatic heterocycles. The number of aliphatic hydroxyl groups is 1. The molecule has 1 unspecified atom stereocenters. The number of hydrogen-bond donors (Lipinski definition) is 3. The van der Waals surface area contributed by atoms with E-state index in [1.165, 1.54) is 122 Å². The lowest BCUT2D eigenvalue weighted by Crippen LogP contribution is -2.45. The van der Waals surface area contributed by atoms with E-state index in [2.05, 4.69) is 19.2 Å². The van der Waals surface area contributed by atoms with Gasteiger partial charge in [0.25, 0.3) is 0 Å². The van der Waals surface area contributed by atoms with Crippen molar-refractivity contribution in [2.45, 2.75) is 193 Å². The summed E-state index contributed by atoms with van der Waals surface area (Å²) in [6.45, 7) is 4.80. The third kappa shape index (κ3) is 33.7. The van der Waals surface area contributed by atoms with E-state index in [-0.39, 0.29) is 19.1 Å². The molecule has 0 spiro atoms. The summed E-state index contributed by atoms with van der Waals surface area (Å²) in [5, 5.41) is 13.8. The summed E-state index contributed by atoms with van der Waals surface area (Å²) >= 11 is 0. The molecule has 0 aliphatic rings. The molecule has 0 aromatic rings. The average molecular weight is 704 g/mol. The van der Waals surface area contributed by atoms with Crippen molar-refractivity contribution in [1.82, 2.24) is 5.32 Å². The monoisotopic (exact) mass is 704 g/mol. The van der Waals surface area contributed by atoms with Gasteiger partial charge in [0, 0.05) is 6.42 Å². The topological polar surface area (TPSA) is 105 Å². The Morgan fingerprint density at radius 3 is 1.54 bits per heavy atom. The van der Waals surface area contributed by atoms with Crippen LogP contribution >= 0.6 is 7.82 Å². The molecule has 1 amide bonds. The maximum atomic E-state index is 12.8. The van der Waals surface area contributed by atoms with Crippen LogP contribution in [-0.4, -0.2) is 73.4 Å². The van der Waals surface area contributed by atoms with Crippen molar-refractivity contribution in [3.05, 3.63) is 12.2 Å². The summed E-state index contributed by atoms with van der Waals surface area (Å²) in [5.41, 5.74) is 0. The molecule has 0 bridgehead atoms. The number of hydrogen-bond acceptors (Lipinski definition) is 5. The first kappa shape index (κ1) is 47.2. The first-order valence-corrected chi connectivity index (χ1v) is 21.6. The third-order valence-electron chi connectivity index (χ3n) is 9.01. The molecule has 8 nitrogen and oxygen atoms in total. The Morgan fingerprint density at radius 2 is 1.10 bits per heavy atom. The van der Waals surface area contributed by atoms with Gasteiger partial charge in [-0.25, -0.2) is 4.57 Å². The van der Waals surface area contributed by atoms with Crippen LogP contribution in [0.15, 0.2) is 12.2 Å². The predicted octanol–water partition coefficient (Wildman–Crippen LogP) is 10.4. The van der Waals surface area contributed by atoms with Crippen LogP contribution in [0.5, 0.6) is 0 Å². The van der Waals surface area contributed by atoms with Gasteiger partial charge < -0.3 is 19.8 Å². The Bertz CT molecular complexity index is 804. The van der Waals surface area contributed by atoms with Gasteiger partial charge in [0.1, 0.15) is 13.2 Å². The maximum Gasteiger partial charge on any atom is 0.472 e. The van der Waals surface area contributed by atoms with E-state index in [1.807, 2.05) is 27.2 Å². The Kier molecular flexibility index (Phi) is 31.7. The van der Waals surface area contributed by atoms with Crippen molar-refractivity contribution >= 4 is 13.7 Å².